The van der Waals surface area contributed by atoms with Crippen LogP contribution in [0.3, 0.4) is 0 Å². The first kappa shape index (κ1) is 20.6. The predicted molar refractivity (Wildman–Crippen MR) is 96.0 cm³/mol. The molecule has 10 heteroatoms. The lowest BCUT2D eigenvalue weighted by atomic mass is 10.2. The zero-order chi connectivity index (χ0) is 20.2. The van der Waals surface area contributed by atoms with Crippen molar-refractivity contribution < 1.29 is 26.4 Å². The number of hydrogen-bond acceptors (Lipinski definition) is 3. The van der Waals surface area contributed by atoms with Crippen molar-refractivity contribution in [2.24, 2.45) is 0 Å². The van der Waals surface area contributed by atoms with Gasteiger partial charge < -0.3 is 10.6 Å². The fourth-order valence-corrected chi connectivity index (χ4v) is 3.25. The van der Waals surface area contributed by atoms with E-state index in [0.29, 0.717) is 5.69 Å². The molecule has 3 N–H and O–H groups in total. The van der Waals surface area contributed by atoms with Crippen molar-refractivity contribution in [2.75, 3.05) is 10.0 Å². The first-order chi connectivity index (χ1) is 12.5. The molecule has 0 spiro atoms. The number of carbonyl (C=O) groups is 1. The van der Waals surface area contributed by atoms with Crippen LogP contribution in [0.15, 0.2) is 53.4 Å². The van der Waals surface area contributed by atoms with E-state index in [1.165, 1.54) is 36.4 Å². The van der Waals surface area contributed by atoms with Gasteiger partial charge in [-0.25, -0.2) is 13.2 Å². The van der Waals surface area contributed by atoms with Gasteiger partial charge in [0.05, 0.1) is 16.1 Å². The Morgan fingerprint density at radius 3 is 2.15 bits per heavy atom. The number of nitrogens with one attached hydrogen (secondary N) is 3. The van der Waals surface area contributed by atoms with E-state index in [2.05, 4.69) is 10.6 Å². The Bertz CT molecular complexity index is 911. The maximum atomic E-state index is 13.0. The standard InChI is InChI=1S/C17H18F3N3O3S/c1-11(2)21-16(24)22-12-7-9-13(10-8-12)27(25,26)23-15-6-4-3-5-14(15)17(18,19)20/h3-11,23H,1-2H3,(H2,21,22,24). The highest BCUT2D eigenvalue weighted by molar-refractivity contribution is 7.92. The van der Waals surface area contributed by atoms with Crippen molar-refractivity contribution in [3.8, 4) is 0 Å². The highest BCUT2D eigenvalue weighted by atomic mass is 32.2. The van der Waals surface area contributed by atoms with Gasteiger partial charge in [0.1, 0.15) is 0 Å². The van der Waals surface area contributed by atoms with Crippen molar-refractivity contribution in [2.45, 2.75) is 31.0 Å². The number of benzene rings is 2. The minimum Gasteiger partial charge on any atom is -0.336 e. The summed E-state index contributed by atoms with van der Waals surface area (Å²) in [6, 6.07) is 8.79. The molecule has 0 radical (unpaired) electrons. The minimum absolute atomic E-state index is 0.0810. The van der Waals surface area contributed by atoms with Crippen LogP contribution >= 0.6 is 0 Å². The number of hydrogen-bond donors (Lipinski definition) is 3. The molecule has 0 unspecified atom stereocenters. The number of rotatable bonds is 5. The second-order valence-electron chi connectivity index (χ2n) is 5.93. The van der Waals surface area contributed by atoms with E-state index in [4.69, 9.17) is 0 Å². The molecule has 0 heterocycles. The topological polar surface area (TPSA) is 87.3 Å². The summed E-state index contributed by atoms with van der Waals surface area (Å²) in [4.78, 5) is 11.4. The van der Waals surface area contributed by atoms with Crippen molar-refractivity contribution >= 4 is 27.4 Å². The molecule has 0 atom stereocenters. The number of anilines is 2. The van der Waals surface area contributed by atoms with Gasteiger partial charge >= 0.3 is 12.2 Å². The molecule has 0 saturated carbocycles. The summed E-state index contributed by atoms with van der Waals surface area (Å²) in [5.74, 6) is 0. The van der Waals surface area contributed by atoms with E-state index in [0.717, 1.165) is 12.1 Å². The first-order valence-corrected chi connectivity index (χ1v) is 9.34. The number of halogens is 3. The monoisotopic (exact) mass is 401 g/mol. The normalized spacial score (nSPS) is 11.9. The maximum Gasteiger partial charge on any atom is 0.418 e. The third-order valence-corrected chi connectivity index (χ3v) is 4.70. The lowest BCUT2D eigenvalue weighted by Gasteiger charge is -2.15. The van der Waals surface area contributed by atoms with Crippen LogP contribution in [-0.2, 0) is 16.2 Å². The second-order valence-corrected chi connectivity index (χ2v) is 7.61. The average molecular weight is 401 g/mol. The smallest absolute Gasteiger partial charge is 0.336 e. The summed E-state index contributed by atoms with van der Waals surface area (Å²) >= 11 is 0. The molecule has 146 valence electrons. The van der Waals surface area contributed by atoms with E-state index in [-0.39, 0.29) is 10.9 Å². The van der Waals surface area contributed by atoms with Crippen LogP contribution < -0.4 is 15.4 Å². The largest absolute Gasteiger partial charge is 0.418 e. The third kappa shape index (κ3) is 5.61. The molecule has 27 heavy (non-hydrogen) atoms. The first-order valence-electron chi connectivity index (χ1n) is 7.85. The van der Waals surface area contributed by atoms with Gasteiger partial charge in [0.2, 0.25) is 0 Å². The predicted octanol–water partition coefficient (Wildman–Crippen LogP) is 4.04. The lowest BCUT2D eigenvalue weighted by molar-refractivity contribution is -0.136. The SMILES string of the molecule is CC(C)NC(=O)Nc1ccc(S(=O)(=O)Nc2ccccc2C(F)(F)F)cc1. The Labute approximate surface area is 154 Å². The molecular weight excluding hydrogens is 383 g/mol. The van der Waals surface area contributed by atoms with Gasteiger partial charge in [-0.05, 0) is 50.2 Å². The van der Waals surface area contributed by atoms with E-state index in [9.17, 15) is 26.4 Å². The van der Waals surface area contributed by atoms with Gasteiger partial charge in [-0.3, -0.25) is 4.72 Å². The van der Waals surface area contributed by atoms with Crippen LogP contribution in [-0.4, -0.2) is 20.5 Å². The number of carbonyl (C=O) groups excluding carboxylic acids is 1. The van der Waals surface area contributed by atoms with E-state index >= 15 is 0 Å². The summed E-state index contributed by atoms with van der Waals surface area (Å²) < 4.78 is 65.7. The van der Waals surface area contributed by atoms with Crippen LogP contribution in [0.1, 0.15) is 19.4 Å². The van der Waals surface area contributed by atoms with Crippen molar-refractivity contribution in [1.82, 2.24) is 5.32 Å². The maximum absolute atomic E-state index is 13.0. The third-order valence-electron chi connectivity index (χ3n) is 3.32. The Morgan fingerprint density at radius 1 is 1.00 bits per heavy atom. The van der Waals surface area contributed by atoms with Gasteiger partial charge in [0.15, 0.2) is 0 Å². The minimum atomic E-state index is -4.70. The zero-order valence-electron chi connectivity index (χ0n) is 14.5. The van der Waals surface area contributed by atoms with Gasteiger partial charge in [0.25, 0.3) is 10.0 Å². The zero-order valence-corrected chi connectivity index (χ0v) is 15.3. The van der Waals surface area contributed by atoms with Gasteiger partial charge in [-0.2, -0.15) is 13.2 Å². The van der Waals surface area contributed by atoms with Gasteiger partial charge in [-0.1, -0.05) is 12.1 Å². The number of para-hydroxylation sites is 1. The molecule has 2 aromatic carbocycles. The molecule has 0 fully saturated rings. The fraction of sp³-hybridized carbons (Fsp3) is 0.235. The van der Waals surface area contributed by atoms with Crippen molar-refractivity contribution in [3.63, 3.8) is 0 Å². The quantitative estimate of drug-likeness (QED) is 0.707. The summed E-state index contributed by atoms with van der Waals surface area (Å²) in [7, 11) is -4.24. The highest BCUT2D eigenvalue weighted by Gasteiger charge is 2.34. The molecule has 0 aromatic heterocycles. The molecule has 0 aliphatic carbocycles. The van der Waals surface area contributed by atoms with Gasteiger partial charge in [-0.15, -0.1) is 0 Å². The van der Waals surface area contributed by atoms with E-state index in [1.807, 2.05) is 4.72 Å². The van der Waals surface area contributed by atoms with E-state index in [1.54, 1.807) is 13.8 Å². The molecule has 6 nitrogen and oxygen atoms in total. The fourth-order valence-electron chi connectivity index (χ4n) is 2.17. The summed E-state index contributed by atoms with van der Waals surface area (Å²) in [6.45, 7) is 3.55. The highest BCUT2D eigenvalue weighted by Crippen LogP contribution is 2.35. The molecule has 0 bridgehead atoms. The number of amides is 2. The molecule has 2 rings (SSSR count). The Kier molecular flexibility index (Phi) is 5.99. The summed E-state index contributed by atoms with van der Waals surface area (Å²) in [6.07, 6.45) is -4.70. The number of sulfonamides is 1. The average Bonchev–Trinajstić information content (AvgIpc) is 2.53. The van der Waals surface area contributed by atoms with Crippen LogP contribution in [0.25, 0.3) is 0 Å². The van der Waals surface area contributed by atoms with Crippen molar-refractivity contribution in [3.05, 3.63) is 54.1 Å². The molecular formula is C17H18F3N3O3S. The van der Waals surface area contributed by atoms with Crippen LogP contribution in [0.5, 0.6) is 0 Å². The van der Waals surface area contributed by atoms with Crippen LogP contribution in [0.4, 0.5) is 29.3 Å². The Hall–Kier alpha value is -2.75. The number of alkyl halides is 3. The summed E-state index contributed by atoms with van der Waals surface area (Å²) in [5.41, 5.74) is -1.32. The molecule has 0 aliphatic heterocycles. The molecule has 2 aromatic rings. The Morgan fingerprint density at radius 2 is 1.59 bits per heavy atom. The van der Waals surface area contributed by atoms with Crippen LogP contribution in [0.2, 0.25) is 0 Å². The van der Waals surface area contributed by atoms with Crippen molar-refractivity contribution in [1.29, 1.82) is 0 Å². The van der Waals surface area contributed by atoms with Crippen LogP contribution in [0, 0.1) is 0 Å². The Balaban J connectivity index is 2.20. The molecule has 0 aliphatic rings. The second kappa shape index (κ2) is 7.87. The molecule has 0 saturated heterocycles. The van der Waals surface area contributed by atoms with Gasteiger partial charge in [0, 0.05) is 11.7 Å². The summed E-state index contributed by atoms with van der Waals surface area (Å²) in [5, 5.41) is 5.12. The van der Waals surface area contributed by atoms with E-state index < -0.39 is 33.5 Å². The number of urea groups is 1. The lowest BCUT2D eigenvalue weighted by Crippen LogP contribution is -2.34. The molecule has 2 amide bonds.